The molecule has 0 heterocycles. The zero-order chi connectivity index (χ0) is 19.8. The standard InChI is InChI=1S/C17H10ClF7O/c1-7-2-3-11(18)8(4-7)5-9(26)6-10-13(19)15(21)12(17(23,24)25)16(22)14(10)20/h2-4H,5-6H2,1H3. The molecule has 140 valence electrons. The molecule has 0 atom stereocenters. The van der Waals surface area contributed by atoms with Gasteiger partial charge in [0.15, 0.2) is 23.3 Å². The van der Waals surface area contributed by atoms with Crippen molar-refractivity contribution in [2.24, 2.45) is 0 Å². The summed E-state index contributed by atoms with van der Waals surface area (Å²) in [4.78, 5) is 12.0. The number of Topliss-reactive ketones (excluding diaryl/α,β-unsaturated/α-hetero) is 1. The summed E-state index contributed by atoms with van der Waals surface area (Å²) >= 11 is 5.88. The third-order valence-corrected chi connectivity index (χ3v) is 3.97. The maximum atomic E-state index is 13.8. The van der Waals surface area contributed by atoms with E-state index in [1.54, 1.807) is 13.0 Å². The first-order valence-corrected chi connectivity index (χ1v) is 7.50. The van der Waals surface area contributed by atoms with E-state index in [-0.39, 0.29) is 5.02 Å². The molecule has 0 radical (unpaired) electrons. The van der Waals surface area contributed by atoms with Crippen LogP contribution in [0.15, 0.2) is 18.2 Å². The Morgan fingerprint density at radius 2 is 1.50 bits per heavy atom. The molecule has 0 spiro atoms. The van der Waals surface area contributed by atoms with E-state index in [2.05, 4.69) is 0 Å². The highest BCUT2D eigenvalue weighted by atomic mass is 35.5. The molecular formula is C17H10ClF7O. The van der Waals surface area contributed by atoms with Crippen LogP contribution in [-0.4, -0.2) is 5.78 Å². The van der Waals surface area contributed by atoms with Gasteiger partial charge in [0, 0.05) is 23.4 Å². The highest BCUT2D eigenvalue weighted by molar-refractivity contribution is 6.31. The van der Waals surface area contributed by atoms with Crippen molar-refractivity contribution in [2.45, 2.75) is 25.9 Å². The lowest BCUT2D eigenvalue weighted by atomic mass is 9.99. The van der Waals surface area contributed by atoms with Crippen LogP contribution in [0.2, 0.25) is 5.02 Å². The number of rotatable bonds is 4. The van der Waals surface area contributed by atoms with Crippen molar-refractivity contribution in [2.75, 3.05) is 0 Å². The predicted molar refractivity (Wildman–Crippen MR) is 79.9 cm³/mol. The number of halogens is 8. The van der Waals surface area contributed by atoms with Gasteiger partial charge in [-0.1, -0.05) is 29.3 Å². The SMILES string of the molecule is Cc1ccc(Cl)c(CC(=O)Cc2c(F)c(F)c(C(F)(F)F)c(F)c2F)c1. The summed E-state index contributed by atoms with van der Waals surface area (Å²) in [6.45, 7) is 1.70. The van der Waals surface area contributed by atoms with Gasteiger partial charge in [-0.3, -0.25) is 4.79 Å². The number of hydrogen-bond donors (Lipinski definition) is 0. The number of carbonyl (C=O) groups is 1. The molecule has 0 aliphatic rings. The first kappa shape index (κ1) is 20.2. The first-order chi connectivity index (χ1) is 11.9. The van der Waals surface area contributed by atoms with Crippen LogP contribution in [0.5, 0.6) is 0 Å². The van der Waals surface area contributed by atoms with Crippen LogP contribution in [-0.2, 0) is 23.8 Å². The molecule has 2 rings (SSSR count). The molecule has 0 unspecified atom stereocenters. The molecule has 0 aliphatic carbocycles. The van der Waals surface area contributed by atoms with Gasteiger partial charge in [0.1, 0.15) is 11.3 Å². The van der Waals surface area contributed by atoms with Gasteiger partial charge in [0.25, 0.3) is 0 Å². The normalized spacial score (nSPS) is 11.7. The molecule has 2 aromatic rings. The maximum Gasteiger partial charge on any atom is 0.422 e. The molecule has 0 saturated carbocycles. The van der Waals surface area contributed by atoms with Crippen molar-refractivity contribution in [3.8, 4) is 0 Å². The van der Waals surface area contributed by atoms with Gasteiger partial charge in [0.2, 0.25) is 0 Å². The first-order valence-electron chi connectivity index (χ1n) is 7.12. The summed E-state index contributed by atoms with van der Waals surface area (Å²) < 4.78 is 92.4. The third kappa shape index (κ3) is 4.00. The second-order valence-electron chi connectivity index (χ2n) is 5.59. The minimum absolute atomic E-state index is 0.190. The number of hydrogen-bond acceptors (Lipinski definition) is 1. The second kappa shape index (κ2) is 7.26. The van der Waals surface area contributed by atoms with Gasteiger partial charge in [-0.25, -0.2) is 17.6 Å². The lowest BCUT2D eigenvalue weighted by Crippen LogP contribution is -2.19. The topological polar surface area (TPSA) is 17.1 Å². The molecule has 26 heavy (non-hydrogen) atoms. The number of alkyl halides is 3. The van der Waals surface area contributed by atoms with Gasteiger partial charge in [-0.15, -0.1) is 0 Å². The Labute approximate surface area is 148 Å². The van der Waals surface area contributed by atoms with Crippen LogP contribution >= 0.6 is 11.6 Å². The van der Waals surface area contributed by atoms with Gasteiger partial charge < -0.3 is 0 Å². The summed E-state index contributed by atoms with van der Waals surface area (Å²) in [5, 5.41) is 0.190. The number of aryl methyl sites for hydroxylation is 1. The van der Waals surface area contributed by atoms with E-state index in [9.17, 15) is 35.5 Å². The van der Waals surface area contributed by atoms with Crippen molar-refractivity contribution in [1.29, 1.82) is 0 Å². The Balaban J connectivity index is 2.38. The fraction of sp³-hybridized carbons (Fsp3) is 0.235. The predicted octanol–water partition coefficient (Wildman–Crippen LogP) is 5.58. The van der Waals surface area contributed by atoms with E-state index in [1.807, 2.05) is 0 Å². The lowest BCUT2D eigenvalue weighted by Gasteiger charge is -2.14. The average Bonchev–Trinajstić information content (AvgIpc) is 2.52. The van der Waals surface area contributed by atoms with Gasteiger partial charge >= 0.3 is 6.18 Å². The van der Waals surface area contributed by atoms with Crippen molar-refractivity contribution in [3.63, 3.8) is 0 Å². The van der Waals surface area contributed by atoms with Gasteiger partial charge in [-0.2, -0.15) is 13.2 Å². The van der Waals surface area contributed by atoms with Crippen LogP contribution in [0.3, 0.4) is 0 Å². The van der Waals surface area contributed by atoms with Crippen LogP contribution < -0.4 is 0 Å². The highest BCUT2D eigenvalue weighted by Crippen LogP contribution is 2.37. The monoisotopic (exact) mass is 398 g/mol. The van der Waals surface area contributed by atoms with Crippen LogP contribution in [0, 0.1) is 30.2 Å². The fourth-order valence-electron chi connectivity index (χ4n) is 2.39. The molecule has 2 aromatic carbocycles. The van der Waals surface area contributed by atoms with Crippen LogP contribution in [0.1, 0.15) is 22.3 Å². The smallest absolute Gasteiger partial charge is 0.299 e. The minimum Gasteiger partial charge on any atom is -0.299 e. The van der Waals surface area contributed by atoms with E-state index in [1.165, 1.54) is 12.1 Å². The molecule has 0 aliphatic heterocycles. The molecule has 0 saturated heterocycles. The van der Waals surface area contributed by atoms with E-state index in [4.69, 9.17) is 11.6 Å². The van der Waals surface area contributed by atoms with Crippen molar-refractivity contribution < 1.29 is 35.5 Å². The molecule has 0 amide bonds. The van der Waals surface area contributed by atoms with Gasteiger partial charge in [0.05, 0.1) is 0 Å². The summed E-state index contributed by atoms with van der Waals surface area (Å²) in [5.74, 6) is -10.6. The summed E-state index contributed by atoms with van der Waals surface area (Å²) in [6, 6.07) is 4.66. The molecule has 9 heteroatoms. The van der Waals surface area contributed by atoms with E-state index < -0.39 is 59.2 Å². The second-order valence-corrected chi connectivity index (χ2v) is 6.00. The molecule has 1 nitrogen and oxygen atoms in total. The summed E-state index contributed by atoms with van der Waals surface area (Å²) in [7, 11) is 0. The quantitative estimate of drug-likeness (QED) is 0.485. The molecule has 0 N–H and O–H groups in total. The van der Waals surface area contributed by atoms with E-state index in [0.29, 0.717) is 5.56 Å². The fourth-order valence-corrected chi connectivity index (χ4v) is 2.58. The third-order valence-electron chi connectivity index (χ3n) is 3.60. The summed E-state index contributed by atoms with van der Waals surface area (Å²) in [6.07, 6.45) is -7.18. The Hall–Kier alpha value is -2.09. The van der Waals surface area contributed by atoms with Gasteiger partial charge in [-0.05, 0) is 18.6 Å². The number of carbonyl (C=O) groups excluding carboxylic acids is 1. The van der Waals surface area contributed by atoms with Crippen molar-refractivity contribution in [1.82, 2.24) is 0 Å². The molecule has 0 aromatic heterocycles. The van der Waals surface area contributed by atoms with Crippen molar-refractivity contribution in [3.05, 3.63) is 68.7 Å². The molecule has 0 bridgehead atoms. The number of benzene rings is 2. The largest absolute Gasteiger partial charge is 0.422 e. The average molecular weight is 399 g/mol. The maximum absolute atomic E-state index is 13.8. The summed E-state index contributed by atoms with van der Waals surface area (Å²) in [5.41, 5.74) is -3.03. The zero-order valence-corrected chi connectivity index (χ0v) is 13.8. The number of ketones is 1. The lowest BCUT2D eigenvalue weighted by molar-refractivity contribution is -0.143. The van der Waals surface area contributed by atoms with Crippen molar-refractivity contribution >= 4 is 17.4 Å². The Bertz CT molecular complexity index is 845. The highest BCUT2D eigenvalue weighted by Gasteiger charge is 2.42. The van der Waals surface area contributed by atoms with Crippen LogP contribution in [0.25, 0.3) is 0 Å². The minimum atomic E-state index is -5.63. The van der Waals surface area contributed by atoms with E-state index >= 15 is 0 Å². The Morgan fingerprint density at radius 3 is 2.00 bits per heavy atom. The van der Waals surface area contributed by atoms with Crippen LogP contribution in [0.4, 0.5) is 30.7 Å². The Kier molecular flexibility index (Phi) is 5.65. The zero-order valence-electron chi connectivity index (χ0n) is 13.1. The Morgan fingerprint density at radius 1 is 0.962 bits per heavy atom. The molecular weight excluding hydrogens is 389 g/mol. The molecule has 0 fully saturated rings. The van der Waals surface area contributed by atoms with E-state index in [0.717, 1.165) is 5.56 Å².